The highest BCUT2D eigenvalue weighted by atomic mass is 16.4. The van der Waals surface area contributed by atoms with Gasteiger partial charge in [-0.15, -0.1) is 0 Å². The predicted molar refractivity (Wildman–Crippen MR) is 158 cm³/mol. The molecule has 3 aliphatic rings. The second-order valence-corrected chi connectivity index (χ2v) is 12.3. The van der Waals surface area contributed by atoms with E-state index in [-0.39, 0.29) is 23.5 Å². The Balaban J connectivity index is 1.00. The smallest absolute Gasteiger partial charge is 0.339 e. The van der Waals surface area contributed by atoms with Crippen molar-refractivity contribution in [3.63, 3.8) is 0 Å². The molecule has 5 heterocycles. The number of hydrogen-bond acceptors (Lipinski definition) is 6. The van der Waals surface area contributed by atoms with Gasteiger partial charge in [0, 0.05) is 90.7 Å². The monoisotopic (exact) mass is 555 g/mol. The highest BCUT2D eigenvalue weighted by molar-refractivity contribution is 6.00. The summed E-state index contributed by atoms with van der Waals surface area (Å²) in [5, 5.41) is 5.11. The zero-order valence-electron chi connectivity index (χ0n) is 23.9. The summed E-state index contributed by atoms with van der Waals surface area (Å²) in [6.07, 6.45) is 5.97. The number of amides is 1. The Morgan fingerprint density at radius 1 is 1.00 bits per heavy atom. The van der Waals surface area contributed by atoms with E-state index in [1.807, 2.05) is 24.5 Å². The number of carbonyl (C=O) groups excluding carboxylic acids is 1. The molecule has 214 valence electrons. The predicted octanol–water partition coefficient (Wildman–Crippen LogP) is 4.36. The van der Waals surface area contributed by atoms with Crippen LogP contribution in [0.5, 0.6) is 0 Å². The summed E-state index contributed by atoms with van der Waals surface area (Å²) in [7, 11) is 0. The maximum Gasteiger partial charge on any atom is 0.339 e. The number of aromatic nitrogens is 1. The third-order valence-electron chi connectivity index (χ3n) is 9.63. The maximum atomic E-state index is 13.0. The van der Waals surface area contributed by atoms with Gasteiger partial charge < -0.3 is 23.6 Å². The summed E-state index contributed by atoms with van der Waals surface area (Å²) in [5.74, 6) is 1.83. The average molecular weight is 556 g/mol. The van der Waals surface area contributed by atoms with E-state index in [9.17, 15) is 14.4 Å². The first-order chi connectivity index (χ1) is 19.9. The lowest BCUT2D eigenvalue weighted by atomic mass is 9.83. The number of pyridine rings is 1. The molecule has 0 spiro atoms. The molecule has 1 amide bonds. The number of furan rings is 1. The molecular weight excluding hydrogens is 518 g/mol. The molecule has 1 fully saturated rings. The molecule has 1 aliphatic carbocycles. The largest absolute Gasteiger partial charge is 0.460 e. The zero-order valence-corrected chi connectivity index (χ0v) is 23.9. The summed E-state index contributed by atoms with van der Waals surface area (Å²) in [6, 6.07) is 7.70. The van der Waals surface area contributed by atoms with E-state index in [4.69, 9.17) is 8.83 Å². The van der Waals surface area contributed by atoms with Crippen molar-refractivity contribution in [2.45, 2.75) is 71.3 Å². The first-order valence-corrected chi connectivity index (χ1v) is 15.1. The summed E-state index contributed by atoms with van der Waals surface area (Å²) < 4.78 is 14.0. The summed E-state index contributed by atoms with van der Waals surface area (Å²) in [5.41, 5.74) is 5.88. The van der Waals surface area contributed by atoms with Crippen LogP contribution in [0.2, 0.25) is 0 Å². The Labute approximate surface area is 238 Å². The summed E-state index contributed by atoms with van der Waals surface area (Å²) in [6.45, 7) is 7.88. The van der Waals surface area contributed by atoms with Gasteiger partial charge in [0.2, 0.25) is 5.91 Å². The minimum absolute atomic E-state index is 0.0615. The fraction of sp³-hybridized carbons (Fsp3) is 0.485. The molecule has 41 heavy (non-hydrogen) atoms. The van der Waals surface area contributed by atoms with E-state index in [1.54, 1.807) is 6.07 Å². The van der Waals surface area contributed by atoms with Gasteiger partial charge in [0.05, 0.1) is 0 Å². The number of rotatable bonds is 6. The molecular formula is C33H37N3O5. The molecule has 1 saturated heterocycles. The van der Waals surface area contributed by atoms with Crippen LogP contribution in [0.4, 0.5) is 0 Å². The number of carbonyl (C=O) groups is 1. The van der Waals surface area contributed by atoms with Gasteiger partial charge in [-0.1, -0.05) is 6.07 Å². The minimum Gasteiger partial charge on any atom is -0.460 e. The Hall–Kier alpha value is -3.65. The van der Waals surface area contributed by atoms with Crippen LogP contribution >= 0.6 is 0 Å². The molecule has 2 aliphatic heterocycles. The lowest BCUT2D eigenvalue weighted by Gasteiger charge is -2.42. The van der Waals surface area contributed by atoms with Gasteiger partial charge in [-0.3, -0.25) is 9.59 Å². The second kappa shape index (κ2) is 10.3. The third-order valence-corrected chi connectivity index (χ3v) is 9.63. The van der Waals surface area contributed by atoms with Crippen LogP contribution in [-0.4, -0.2) is 41.6 Å². The van der Waals surface area contributed by atoms with E-state index in [2.05, 4.69) is 22.3 Å². The van der Waals surface area contributed by atoms with Crippen molar-refractivity contribution < 1.29 is 13.6 Å². The first kappa shape index (κ1) is 26.3. The second-order valence-electron chi connectivity index (χ2n) is 12.3. The lowest BCUT2D eigenvalue weighted by Crippen LogP contribution is -2.48. The van der Waals surface area contributed by atoms with E-state index in [0.717, 1.165) is 97.2 Å². The molecule has 1 aromatic carbocycles. The summed E-state index contributed by atoms with van der Waals surface area (Å²) >= 11 is 0. The van der Waals surface area contributed by atoms with Crippen LogP contribution < -0.4 is 16.5 Å². The number of nitrogens with zero attached hydrogens (tertiary/aromatic N) is 2. The molecule has 2 bridgehead atoms. The van der Waals surface area contributed by atoms with E-state index in [1.165, 1.54) is 5.56 Å². The van der Waals surface area contributed by atoms with E-state index >= 15 is 0 Å². The van der Waals surface area contributed by atoms with Crippen LogP contribution in [-0.2, 0) is 30.6 Å². The van der Waals surface area contributed by atoms with Crippen molar-refractivity contribution in [3.8, 4) is 0 Å². The number of aryl methyl sites for hydroxylation is 4. The van der Waals surface area contributed by atoms with Crippen LogP contribution in [0.1, 0.15) is 65.3 Å². The van der Waals surface area contributed by atoms with Crippen LogP contribution in [0.15, 0.2) is 42.7 Å². The number of fused-ring (bicyclic) bond motifs is 8. The van der Waals surface area contributed by atoms with Crippen molar-refractivity contribution in [2.24, 2.45) is 5.92 Å². The SMILES string of the molecule is Cc1c(CCC(=O)NCCN2C[C@H]3C[C@@H](C2)c2cccc(=O)n2C3)c(=O)oc2c(C)c3oc4c(c3cc12)CCCC4. The van der Waals surface area contributed by atoms with Crippen molar-refractivity contribution in [2.75, 3.05) is 26.2 Å². The average Bonchev–Trinajstić information content (AvgIpc) is 3.33. The fourth-order valence-electron chi connectivity index (χ4n) is 7.56. The Morgan fingerprint density at radius 2 is 1.83 bits per heavy atom. The van der Waals surface area contributed by atoms with Crippen LogP contribution in [0.25, 0.3) is 21.9 Å². The number of hydrogen-bond donors (Lipinski definition) is 1. The Kier molecular flexibility index (Phi) is 6.61. The van der Waals surface area contributed by atoms with Gasteiger partial charge in [-0.05, 0) is 69.6 Å². The number of piperidine rings is 1. The maximum absolute atomic E-state index is 13.0. The minimum atomic E-state index is -0.374. The molecule has 7 rings (SSSR count). The Bertz CT molecular complexity index is 1790. The lowest BCUT2D eigenvalue weighted by molar-refractivity contribution is -0.121. The highest BCUT2D eigenvalue weighted by Gasteiger charge is 2.34. The molecule has 0 radical (unpaired) electrons. The van der Waals surface area contributed by atoms with E-state index < -0.39 is 0 Å². The van der Waals surface area contributed by atoms with Gasteiger partial charge in [0.1, 0.15) is 16.9 Å². The van der Waals surface area contributed by atoms with Crippen molar-refractivity contribution in [1.82, 2.24) is 14.8 Å². The zero-order chi connectivity index (χ0) is 28.2. The topological polar surface area (TPSA) is 97.7 Å². The van der Waals surface area contributed by atoms with Gasteiger partial charge in [-0.25, -0.2) is 4.79 Å². The molecule has 1 N–H and O–H groups in total. The molecule has 2 atom stereocenters. The summed E-state index contributed by atoms with van der Waals surface area (Å²) in [4.78, 5) is 40.5. The molecule has 3 aromatic heterocycles. The quantitative estimate of drug-likeness (QED) is 0.355. The van der Waals surface area contributed by atoms with Gasteiger partial charge >= 0.3 is 5.63 Å². The number of likely N-dealkylation sites (tertiary alicyclic amines) is 1. The highest BCUT2D eigenvalue weighted by Crippen LogP contribution is 2.38. The van der Waals surface area contributed by atoms with Gasteiger partial charge in [-0.2, -0.15) is 0 Å². The Morgan fingerprint density at radius 3 is 2.71 bits per heavy atom. The van der Waals surface area contributed by atoms with Crippen molar-refractivity contribution in [3.05, 3.63) is 78.7 Å². The van der Waals surface area contributed by atoms with Gasteiger partial charge in [0.25, 0.3) is 5.56 Å². The molecule has 0 unspecified atom stereocenters. The third kappa shape index (κ3) is 4.62. The van der Waals surface area contributed by atoms with Crippen LogP contribution in [0.3, 0.4) is 0 Å². The molecule has 0 saturated carbocycles. The van der Waals surface area contributed by atoms with Crippen molar-refractivity contribution >= 4 is 27.8 Å². The fourth-order valence-corrected chi connectivity index (χ4v) is 7.56. The molecule has 8 nitrogen and oxygen atoms in total. The normalized spacial score (nSPS) is 20.2. The van der Waals surface area contributed by atoms with Crippen LogP contribution in [0, 0.1) is 19.8 Å². The standard InChI is InChI=1S/C33H37N3O5/c1-19-23(33(39)41-31-20(2)32-26(15-25(19)31)24-6-3-4-8-28(24)40-32)10-11-29(37)34-12-13-35-16-21-14-22(18-35)27-7-5-9-30(38)36(27)17-21/h5,7,9,15,21-22H,3-4,6,8,10-14,16-18H2,1-2H3,(H,34,37)/t21-,22+/m1/s1. The van der Waals surface area contributed by atoms with Gasteiger partial charge in [0.15, 0.2) is 0 Å². The van der Waals surface area contributed by atoms with Crippen molar-refractivity contribution in [1.29, 1.82) is 0 Å². The molecule has 4 aromatic rings. The first-order valence-electron chi connectivity index (χ1n) is 15.1. The number of benzene rings is 1. The molecule has 8 heteroatoms. The van der Waals surface area contributed by atoms with E-state index in [0.29, 0.717) is 35.9 Å². The number of nitrogens with one attached hydrogen (secondary N) is 1.